The lowest BCUT2D eigenvalue weighted by Gasteiger charge is -2.64. The molecule has 6 saturated carbocycles. The van der Waals surface area contributed by atoms with Crippen molar-refractivity contribution in [2.45, 2.75) is 213 Å². The molecule has 1 unspecified atom stereocenters. The van der Waals surface area contributed by atoms with Crippen molar-refractivity contribution in [3.63, 3.8) is 0 Å². The summed E-state index contributed by atoms with van der Waals surface area (Å²) >= 11 is 0. The van der Waals surface area contributed by atoms with Gasteiger partial charge in [-0.25, -0.2) is 0 Å². The molecule has 0 aromatic heterocycles. The van der Waals surface area contributed by atoms with Gasteiger partial charge in [0.25, 0.3) is 0 Å². The van der Waals surface area contributed by atoms with E-state index in [-0.39, 0.29) is 35.1 Å². The molecule has 11 nitrogen and oxygen atoms in total. The van der Waals surface area contributed by atoms with Gasteiger partial charge in [-0.2, -0.15) is 0 Å². The molecule has 3 saturated heterocycles. The van der Waals surface area contributed by atoms with Crippen LogP contribution in [0.15, 0.2) is 36.4 Å². The first-order valence-electron chi connectivity index (χ1n) is 29.4. The van der Waals surface area contributed by atoms with Crippen LogP contribution >= 0.6 is 0 Å². The van der Waals surface area contributed by atoms with E-state index in [9.17, 15) is 35.1 Å². The Morgan fingerprint density at radius 2 is 0.986 bits per heavy atom. The van der Waals surface area contributed by atoms with Gasteiger partial charge in [-0.1, -0.05) is 49.2 Å². The fourth-order valence-electron chi connectivity index (χ4n) is 18.5. The monoisotopic (exact) mass is 1010 g/mol. The van der Waals surface area contributed by atoms with Crippen LogP contribution in [0.3, 0.4) is 0 Å². The molecule has 4 aliphatic heterocycles. The Balaban J connectivity index is 0.000000102. The average Bonchev–Trinajstić information content (AvgIpc) is 4.28. The molecule has 1 spiro atoms. The predicted molar refractivity (Wildman–Crippen MR) is 282 cm³/mol. The molecule has 4 heterocycles. The highest BCUT2D eigenvalue weighted by molar-refractivity contribution is 5.90. The summed E-state index contributed by atoms with van der Waals surface area (Å²) in [5, 5.41) is 57.7. The van der Waals surface area contributed by atoms with Crippen molar-refractivity contribution in [2.24, 2.45) is 17.8 Å². The number of nitrogens with zero attached hydrogens (tertiary/aromatic N) is 3. The number of ether oxygens (including phenoxy) is 1. The number of benzene rings is 3. The van der Waals surface area contributed by atoms with Crippen LogP contribution in [0.4, 0.5) is 0 Å². The molecule has 10 atom stereocenters. The number of aryl methyl sites for hydroxylation is 3. The van der Waals surface area contributed by atoms with Gasteiger partial charge in [0, 0.05) is 84.5 Å². The lowest BCUT2D eigenvalue weighted by molar-refractivity contribution is -0.188. The van der Waals surface area contributed by atoms with Crippen LogP contribution in [0, 0.1) is 38.5 Å². The molecule has 11 heteroatoms. The van der Waals surface area contributed by atoms with Gasteiger partial charge in [0.15, 0.2) is 11.9 Å². The molecular formula is C63H81N3O8. The first-order valence-corrected chi connectivity index (χ1v) is 29.4. The van der Waals surface area contributed by atoms with Crippen LogP contribution in [-0.2, 0) is 45.1 Å². The Morgan fingerprint density at radius 3 is 1.55 bits per heavy atom. The highest BCUT2D eigenvalue weighted by Crippen LogP contribution is 2.65. The summed E-state index contributed by atoms with van der Waals surface area (Å²) in [5.41, 5.74) is 6.05. The molecule has 9 fully saturated rings. The molecule has 3 aromatic rings. The molecular weight excluding hydrogens is 927 g/mol. The summed E-state index contributed by atoms with van der Waals surface area (Å²) in [5.74, 6) is 4.53. The van der Waals surface area contributed by atoms with Crippen molar-refractivity contribution in [2.75, 3.05) is 39.3 Å². The van der Waals surface area contributed by atoms with Crippen molar-refractivity contribution >= 4 is 11.6 Å². The number of phenolic OH excluding ortho intramolecular Hbond substituents is 2. The van der Waals surface area contributed by atoms with E-state index >= 15 is 0 Å². The highest BCUT2D eigenvalue weighted by atomic mass is 16.5. The first kappa shape index (κ1) is 48.5. The van der Waals surface area contributed by atoms with Crippen molar-refractivity contribution in [3.8, 4) is 17.2 Å². The van der Waals surface area contributed by atoms with Gasteiger partial charge in [0.1, 0.15) is 23.0 Å². The quantitative estimate of drug-likeness (QED) is 0.164. The number of hydrogen-bond donors (Lipinski definition) is 5. The third kappa shape index (κ3) is 6.77. The van der Waals surface area contributed by atoms with Crippen molar-refractivity contribution < 1.29 is 39.9 Å². The zero-order valence-corrected chi connectivity index (χ0v) is 44.4. The smallest absolute Gasteiger partial charge is 0.174 e. The zero-order chi connectivity index (χ0) is 50.9. The third-order valence-electron chi connectivity index (χ3n) is 22.9. The molecule has 0 amide bonds. The van der Waals surface area contributed by atoms with Gasteiger partial charge in [-0.05, 0) is 194 Å². The number of ketones is 2. The number of carbonyl (C=O) groups excluding carboxylic acids is 2. The van der Waals surface area contributed by atoms with Crippen LogP contribution in [0.5, 0.6) is 17.2 Å². The number of piperidine rings is 3. The maximum atomic E-state index is 12.8. The molecule has 6 bridgehead atoms. The summed E-state index contributed by atoms with van der Waals surface area (Å²) < 4.78 is 6.29. The lowest BCUT2D eigenvalue weighted by Crippen LogP contribution is -2.76. The summed E-state index contributed by atoms with van der Waals surface area (Å²) in [6.07, 6.45) is 19.3. The maximum absolute atomic E-state index is 12.8. The minimum atomic E-state index is -0.897. The van der Waals surface area contributed by atoms with Gasteiger partial charge in [-0.15, -0.1) is 0 Å². The molecule has 5 N–H and O–H groups in total. The van der Waals surface area contributed by atoms with Crippen LogP contribution in [0.25, 0.3) is 0 Å². The minimum absolute atomic E-state index is 0.0737. The Hall–Kier alpha value is -3.84. The molecule has 3 aromatic carbocycles. The fourth-order valence-corrected chi connectivity index (χ4v) is 18.5. The summed E-state index contributed by atoms with van der Waals surface area (Å²) in [4.78, 5) is 32.8. The van der Waals surface area contributed by atoms with Gasteiger partial charge in [0.05, 0.1) is 22.2 Å². The average molecular weight is 1010 g/mol. The number of hydrogen-bond acceptors (Lipinski definition) is 11. The molecule has 396 valence electrons. The molecule has 9 aliphatic carbocycles. The summed E-state index contributed by atoms with van der Waals surface area (Å²) in [6.45, 7) is 12.3. The van der Waals surface area contributed by atoms with E-state index in [1.807, 2.05) is 19.9 Å². The molecule has 74 heavy (non-hydrogen) atoms. The summed E-state index contributed by atoms with van der Waals surface area (Å²) in [6, 6.07) is 13.1. The predicted octanol–water partition coefficient (Wildman–Crippen LogP) is 7.88. The number of rotatable bonds is 6. The second kappa shape index (κ2) is 16.8. The minimum Gasteiger partial charge on any atom is -0.507 e. The van der Waals surface area contributed by atoms with E-state index in [1.165, 1.54) is 61.6 Å². The van der Waals surface area contributed by atoms with Gasteiger partial charge in [-0.3, -0.25) is 24.3 Å². The van der Waals surface area contributed by atoms with E-state index in [0.717, 1.165) is 154 Å². The third-order valence-corrected chi connectivity index (χ3v) is 22.9. The number of Topliss-reactive ketones (excluding diaryl/α,β-unsaturated/α-hetero) is 2. The molecule has 0 radical (unpaired) electrons. The van der Waals surface area contributed by atoms with E-state index in [4.69, 9.17) is 4.74 Å². The zero-order valence-electron chi connectivity index (χ0n) is 44.4. The van der Waals surface area contributed by atoms with Gasteiger partial charge in [0.2, 0.25) is 0 Å². The number of carbonyl (C=O) groups is 2. The fraction of sp³-hybridized carbons (Fsp3) is 0.683. The van der Waals surface area contributed by atoms with E-state index in [2.05, 4.69) is 52.0 Å². The SMILES string of the molecule is Cc1ccc2c(c1O)[C@@]13CCCC[C@@]1(O)[C@@H](C2)N(CC1CC1)CC3.Cc1ccc2c(c1O)[C@]13CCN(CC4CC4)[C@H](C2)[C@]1(O)CCC(=O)C3.Cc1ccc2c3c1OC1C(=O)CC[C@@]4(O)[C@@H](C2)N(CC2CC2)CC[C@]314. The van der Waals surface area contributed by atoms with Crippen molar-refractivity contribution in [3.05, 3.63) is 86.5 Å². The van der Waals surface area contributed by atoms with Crippen LogP contribution in [0.2, 0.25) is 0 Å². The van der Waals surface area contributed by atoms with Crippen LogP contribution in [0.1, 0.15) is 166 Å². The number of aromatic hydroxyl groups is 2. The molecule has 13 aliphatic rings. The Labute approximate surface area is 438 Å². The number of phenols is 2. The van der Waals surface area contributed by atoms with Crippen LogP contribution in [-0.4, -0.2) is 132 Å². The van der Waals surface area contributed by atoms with Crippen molar-refractivity contribution in [1.82, 2.24) is 14.7 Å². The largest absolute Gasteiger partial charge is 0.507 e. The standard InChI is InChI=1S/C21H25NO3.C21H27NO3.C21H29NO2/c1-12-2-5-14-10-16-21(24)7-6-15(23)19-20(21,17(14)18(12)25-19)8-9-22(16)11-13-3-4-13;1-13-2-5-15-10-17-21(25)7-6-16(23)11-20(21,18(15)19(13)24)8-9-22(17)12-14-3-4-14;1-14-4-7-16-12-17-21(24)9-3-2-8-20(21,18(16)19(14)23)10-11-22(17)13-15-5-6-15/h2,5,13,16,19,24H,3-4,6-11H2,1H3;2,5,14,17,24-25H,3-4,6-12H2,1H3;4,7,15,17,23-24H,2-3,5-6,8-13H2,1H3/t16-,19?,20+,21-;17-,20-,21-;17-,20+,21-/m111/s1. The van der Waals surface area contributed by atoms with Crippen LogP contribution < -0.4 is 4.74 Å². The Morgan fingerprint density at radius 1 is 0.527 bits per heavy atom. The van der Waals surface area contributed by atoms with E-state index in [1.54, 1.807) is 0 Å². The highest BCUT2D eigenvalue weighted by Gasteiger charge is 2.73. The Kier molecular flexibility index (Phi) is 11.0. The van der Waals surface area contributed by atoms with Gasteiger partial charge >= 0.3 is 0 Å². The number of likely N-dealkylation sites (tertiary alicyclic amines) is 3. The maximum Gasteiger partial charge on any atom is 0.174 e. The van der Waals surface area contributed by atoms with E-state index < -0.39 is 33.7 Å². The van der Waals surface area contributed by atoms with E-state index in [0.29, 0.717) is 43.6 Å². The second-order valence-electron chi connectivity index (χ2n) is 26.8. The number of aliphatic hydroxyl groups is 3. The Bertz CT molecular complexity index is 2830. The first-order chi connectivity index (χ1) is 35.5. The van der Waals surface area contributed by atoms with Crippen molar-refractivity contribution in [1.29, 1.82) is 0 Å². The summed E-state index contributed by atoms with van der Waals surface area (Å²) in [7, 11) is 0. The second-order valence-corrected chi connectivity index (χ2v) is 26.8. The molecule has 16 rings (SSSR count). The lowest BCUT2D eigenvalue weighted by atomic mass is 9.49. The number of fused-ring (bicyclic) bond motifs is 2. The topological polar surface area (TPSA) is 154 Å². The normalized spacial score (nSPS) is 39.2. The van der Waals surface area contributed by atoms with Gasteiger partial charge < -0.3 is 30.3 Å².